The Hall–Kier alpha value is -2.70. The number of nitrogens with one attached hydrogen (secondary N) is 1. The second kappa shape index (κ2) is 7.92. The molecule has 132 valence electrons. The van der Waals surface area contributed by atoms with Gasteiger partial charge >= 0.3 is 0 Å². The van der Waals surface area contributed by atoms with E-state index in [4.69, 9.17) is 4.52 Å². The monoisotopic (exact) mass is 342 g/mol. The second-order valence-corrected chi connectivity index (χ2v) is 6.36. The van der Waals surface area contributed by atoms with E-state index in [1.807, 2.05) is 37.3 Å². The number of nitrogens with zero attached hydrogens (tertiary/aromatic N) is 3. The zero-order valence-electron chi connectivity index (χ0n) is 14.2. The lowest BCUT2D eigenvalue weighted by atomic mass is 9.96. The van der Waals surface area contributed by atoms with Crippen molar-refractivity contribution in [3.05, 3.63) is 48.1 Å². The first-order valence-corrected chi connectivity index (χ1v) is 8.52. The Morgan fingerprint density at radius 2 is 2.16 bits per heavy atom. The first-order chi connectivity index (χ1) is 12.1. The van der Waals surface area contributed by atoms with Crippen LogP contribution in [-0.4, -0.2) is 39.9 Å². The zero-order valence-corrected chi connectivity index (χ0v) is 14.2. The number of piperidine rings is 1. The van der Waals surface area contributed by atoms with E-state index < -0.39 is 0 Å². The average molecular weight is 342 g/mol. The van der Waals surface area contributed by atoms with Crippen molar-refractivity contribution in [1.29, 1.82) is 0 Å². The molecule has 7 nitrogen and oxygen atoms in total. The zero-order chi connectivity index (χ0) is 17.6. The van der Waals surface area contributed by atoms with E-state index in [0.717, 1.165) is 18.4 Å². The summed E-state index contributed by atoms with van der Waals surface area (Å²) in [6, 6.07) is 9.35. The van der Waals surface area contributed by atoms with Crippen molar-refractivity contribution >= 4 is 11.8 Å². The lowest BCUT2D eigenvalue weighted by molar-refractivity contribution is -0.135. The number of aromatic nitrogens is 2. The number of rotatable bonds is 5. The van der Waals surface area contributed by atoms with Gasteiger partial charge in [0.1, 0.15) is 0 Å². The van der Waals surface area contributed by atoms with Gasteiger partial charge in [-0.1, -0.05) is 35.5 Å². The van der Waals surface area contributed by atoms with Gasteiger partial charge in [-0.05, 0) is 25.3 Å². The largest absolute Gasteiger partial charge is 0.346 e. The van der Waals surface area contributed by atoms with E-state index in [2.05, 4.69) is 15.5 Å². The summed E-state index contributed by atoms with van der Waals surface area (Å²) in [6.07, 6.45) is 3.21. The van der Waals surface area contributed by atoms with Crippen LogP contribution in [0.1, 0.15) is 37.2 Å². The highest BCUT2D eigenvalue weighted by atomic mass is 16.5. The lowest BCUT2D eigenvalue weighted by Gasteiger charge is -2.32. The summed E-state index contributed by atoms with van der Waals surface area (Å²) in [5.41, 5.74) is 0.991. The van der Waals surface area contributed by atoms with Crippen molar-refractivity contribution in [1.82, 2.24) is 20.4 Å². The molecule has 2 atom stereocenters. The minimum atomic E-state index is -0.318. The molecule has 7 heteroatoms. The van der Waals surface area contributed by atoms with Crippen molar-refractivity contribution in [2.24, 2.45) is 5.92 Å². The molecular formula is C18H22N4O3. The quantitative estimate of drug-likeness (QED) is 0.894. The van der Waals surface area contributed by atoms with Crippen molar-refractivity contribution in [2.75, 3.05) is 13.1 Å². The van der Waals surface area contributed by atoms with E-state index >= 15 is 0 Å². The van der Waals surface area contributed by atoms with E-state index in [0.29, 0.717) is 25.3 Å². The minimum absolute atomic E-state index is 0.0647. The minimum Gasteiger partial charge on any atom is -0.346 e. The van der Waals surface area contributed by atoms with Gasteiger partial charge in [0.2, 0.25) is 18.2 Å². The Bertz CT molecular complexity index is 702. The fraction of sp³-hybridized carbons (Fsp3) is 0.444. The first-order valence-electron chi connectivity index (χ1n) is 8.52. The molecule has 1 aromatic heterocycles. The molecule has 1 fully saturated rings. The molecule has 1 aromatic carbocycles. The number of likely N-dealkylation sites (tertiary alicyclic amines) is 1. The van der Waals surface area contributed by atoms with Crippen molar-refractivity contribution in [2.45, 2.75) is 32.2 Å². The van der Waals surface area contributed by atoms with Gasteiger partial charge in [0.15, 0.2) is 5.82 Å². The van der Waals surface area contributed by atoms with Crippen LogP contribution < -0.4 is 5.32 Å². The molecule has 1 saturated heterocycles. The molecule has 0 spiro atoms. The summed E-state index contributed by atoms with van der Waals surface area (Å²) in [4.78, 5) is 30.7. The lowest BCUT2D eigenvalue weighted by Crippen LogP contribution is -2.46. The van der Waals surface area contributed by atoms with Crippen LogP contribution in [0.2, 0.25) is 0 Å². The predicted octanol–water partition coefficient (Wildman–Crippen LogP) is 1.73. The Balaban J connectivity index is 1.55. The Morgan fingerprint density at radius 1 is 1.36 bits per heavy atom. The SMILES string of the molecule is C[C@@H](NC(=O)[C@H]1CCCN(C(=O)Cc2ccccc2)C1)c1ncon1. The molecule has 0 radical (unpaired) electrons. The molecule has 1 N–H and O–H groups in total. The normalized spacial score (nSPS) is 18.6. The first kappa shape index (κ1) is 17.1. The standard InChI is InChI=1S/C18H22N4O3/c1-13(17-19-12-25-21-17)20-18(24)15-8-5-9-22(11-15)16(23)10-14-6-3-2-4-7-14/h2-4,6-7,12-13,15H,5,8-11H2,1H3,(H,20,24)/t13-,15+/m1/s1. The Morgan fingerprint density at radius 3 is 2.88 bits per heavy atom. The molecule has 0 bridgehead atoms. The molecule has 0 unspecified atom stereocenters. The summed E-state index contributed by atoms with van der Waals surface area (Å²) in [5, 5.41) is 6.64. The van der Waals surface area contributed by atoms with Crippen molar-refractivity contribution in [3.8, 4) is 0 Å². The van der Waals surface area contributed by atoms with Crippen molar-refractivity contribution < 1.29 is 14.1 Å². The Labute approximate surface area is 146 Å². The van der Waals surface area contributed by atoms with E-state index in [9.17, 15) is 9.59 Å². The third-order valence-corrected chi connectivity index (χ3v) is 4.47. The molecule has 2 aromatic rings. The van der Waals surface area contributed by atoms with Crippen LogP contribution in [0, 0.1) is 5.92 Å². The van der Waals surface area contributed by atoms with Gasteiger partial charge in [-0.25, -0.2) is 0 Å². The maximum Gasteiger partial charge on any atom is 0.227 e. The summed E-state index contributed by atoms with van der Waals surface area (Å²) in [5.74, 6) is 0.230. The summed E-state index contributed by atoms with van der Waals surface area (Å²) < 4.78 is 4.70. The third-order valence-electron chi connectivity index (χ3n) is 4.47. The van der Waals surface area contributed by atoms with E-state index in [1.54, 1.807) is 4.90 Å². The van der Waals surface area contributed by atoms with Gasteiger partial charge in [-0.15, -0.1) is 0 Å². The van der Waals surface area contributed by atoms with Gasteiger partial charge in [0.05, 0.1) is 18.4 Å². The molecule has 1 aliphatic heterocycles. The molecule has 1 aliphatic rings. The number of amides is 2. The van der Waals surface area contributed by atoms with Crippen LogP contribution in [0.25, 0.3) is 0 Å². The Kier molecular flexibility index (Phi) is 5.42. The molecule has 0 aliphatic carbocycles. The van der Waals surface area contributed by atoms with Crippen LogP contribution in [-0.2, 0) is 16.0 Å². The number of hydrogen-bond donors (Lipinski definition) is 1. The molecule has 25 heavy (non-hydrogen) atoms. The number of benzene rings is 1. The average Bonchev–Trinajstić information content (AvgIpc) is 3.17. The van der Waals surface area contributed by atoms with Crippen molar-refractivity contribution in [3.63, 3.8) is 0 Å². The van der Waals surface area contributed by atoms with Gasteiger partial charge < -0.3 is 14.7 Å². The highest BCUT2D eigenvalue weighted by Gasteiger charge is 2.29. The second-order valence-electron chi connectivity index (χ2n) is 6.36. The number of hydrogen-bond acceptors (Lipinski definition) is 5. The predicted molar refractivity (Wildman–Crippen MR) is 90.3 cm³/mol. The molecule has 3 rings (SSSR count). The molecule has 2 amide bonds. The van der Waals surface area contributed by atoms with Crippen LogP contribution in [0.15, 0.2) is 41.2 Å². The van der Waals surface area contributed by atoms with Crippen LogP contribution in [0.3, 0.4) is 0 Å². The van der Waals surface area contributed by atoms with E-state index in [-0.39, 0.29) is 23.8 Å². The van der Waals surface area contributed by atoms with Gasteiger partial charge in [-0.2, -0.15) is 4.98 Å². The molecule has 0 saturated carbocycles. The molecule has 2 heterocycles. The maximum atomic E-state index is 12.5. The number of carbonyl (C=O) groups excluding carboxylic acids is 2. The van der Waals surface area contributed by atoms with Gasteiger partial charge in [-0.3, -0.25) is 9.59 Å². The van der Waals surface area contributed by atoms with Crippen LogP contribution in [0.5, 0.6) is 0 Å². The van der Waals surface area contributed by atoms with Gasteiger partial charge in [0, 0.05) is 13.1 Å². The highest BCUT2D eigenvalue weighted by Crippen LogP contribution is 2.19. The number of carbonyl (C=O) groups is 2. The fourth-order valence-corrected chi connectivity index (χ4v) is 3.07. The fourth-order valence-electron chi connectivity index (χ4n) is 3.07. The van der Waals surface area contributed by atoms with Gasteiger partial charge in [0.25, 0.3) is 0 Å². The van der Waals surface area contributed by atoms with Crippen LogP contribution in [0.4, 0.5) is 0 Å². The summed E-state index contributed by atoms with van der Waals surface area (Å²) in [6.45, 7) is 2.97. The smallest absolute Gasteiger partial charge is 0.227 e. The maximum absolute atomic E-state index is 12.5. The molecular weight excluding hydrogens is 320 g/mol. The third kappa shape index (κ3) is 4.43. The summed E-state index contributed by atoms with van der Waals surface area (Å²) in [7, 11) is 0. The highest BCUT2D eigenvalue weighted by molar-refractivity contribution is 5.82. The van der Waals surface area contributed by atoms with E-state index in [1.165, 1.54) is 6.39 Å². The summed E-state index contributed by atoms with van der Waals surface area (Å²) >= 11 is 0. The topological polar surface area (TPSA) is 88.3 Å². The van der Waals surface area contributed by atoms with Crippen LogP contribution >= 0.6 is 0 Å².